The third-order valence-corrected chi connectivity index (χ3v) is 4.90. The van der Waals surface area contributed by atoms with Crippen molar-refractivity contribution < 1.29 is 26.1 Å². The van der Waals surface area contributed by atoms with Crippen LogP contribution in [0.2, 0.25) is 3.43 Å². The van der Waals surface area contributed by atoms with Gasteiger partial charge in [-0.2, -0.15) is 0 Å². The van der Waals surface area contributed by atoms with E-state index in [2.05, 4.69) is 0 Å². The first-order chi connectivity index (χ1) is 3.39. The second-order valence-corrected chi connectivity index (χ2v) is 6.99. The molecule has 0 spiro atoms. The maximum atomic E-state index is 1.57. The van der Waals surface area contributed by atoms with Gasteiger partial charge < -0.3 is 0 Å². The molecule has 0 aliphatic heterocycles. The quantitative estimate of drug-likeness (QED) is 0.599. The third kappa shape index (κ3) is 2.12. The fourth-order valence-electron chi connectivity index (χ4n) is 1.19. The van der Waals surface area contributed by atoms with Crippen LogP contribution >= 0.6 is 0 Å². The van der Waals surface area contributed by atoms with Crippen molar-refractivity contribution in [3.63, 3.8) is 0 Å². The van der Waals surface area contributed by atoms with Crippen LogP contribution in [0.5, 0.6) is 0 Å². The molecule has 0 aromatic rings. The van der Waals surface area contributed by atoms with Gasteiger partial charge in [0.1, 0.15) is 0 Å². The Balaban J connectivity index is 2.12. The third-order valence-electron chi connectivity index (χ3n) is 1.72. The molecule has 0 bridgehead atoms. The van der Waals surface area contributed by atoms with Gasteiger partial charge >= 0.3 is 61.7 Å². The Morgan fingerprint density at radius 1 is 1.00 bits per heavy atom. The zero-order valence-electron chi connectivity index (χ0n) is 4.82. The fourth-order valence-corrected chi connectivity index (χ4v) is 3.43. The van der Waals surface area contributed by atoms with Gasteiger partial charge in [0.2, 0.25) is 0 Å². The van der Waals surface area contributed by atoms with Crippen LogP contribution in [0.3, 0.4) is 0 Å². The summed E-state index contributed by atoms with van der Waals surface area (Å²) in [6.07, 6.45) is 7.74. The molecule has 1 rings (SSSR count). The summed E-state index contributed by atoms with van der Waals surface area (Å²) in [5, 5.41) is 0. The van der Waals surface area contributed by atoms with E-state index in [1.54, 1.807) is 12.8 Å². The van der Waals surface area contributed by atoms with Gasteiger partial charge in [-0.3, -0.25) is 0 Å². The fraction of sp³-hybridized carbons (Fsp3) is 1.00. The van der Waals surface area contributed by atoms with Crippen molar-refractivity contribution in [1.82, 2.24) is 0 Å². The average Bonchev–Trinajstić information content (AvgIpc) is 1.69. The summed E-state index contributed by atoms with van der Waals surface area (Å²) >= 11 is 1.09. The predicted octanol–water partition coefficient (Wildman–Crippen LogP) is 2.29. The van der Waals surface area contributed by atoms with Crippen LogP contribution < -0.4 is 0 Å². The summed E-state index contributed by atoms with van der Waals surface area (Å²) in [6, 6.07) is 0. The molecule has 0 aromatic heterocycles. The van der Waals surface area contributed by atoms with Gasteiger partial charge in [0.25, 0.3) is 0 Å². The molecule has 1 heteroatoms. The standard InChI is InChI=1S/C6H11.Hg/c1-2-4-6-5-3-1;/h1H,2-6H2;. The van der Waals surface area contributed by atoms with Crippen molar-refractivity contribution >= 4 is 0 Å². The molecule has 1 aliphatic rings. The van der Waals surface area contributed by atoms with E-state index in [0.29, 0.717) is 0 Å². The van der Waals surface area contributed by atoms with Crippen molar-refractivity contribution in [2.24, 2.45) is 0 Å². The molecule has 37 valence electrons. The molecule has 0 aromatic carbocycles. The summed E-state index contributed by atoms with van der Waals surface area (Å²) in [5.74, 6) is 0. The topological polar surface area (TPSA) is 0 Å². The molecular weight excluding hydrogens is 273 g/mol. The van der Waals surface area contributed by atoms with Gasteiger partial charge in [-0.15, -0.1) is 0 Å². The molecule has 0 nitrogen and oxygen atoms in total. The zero-order valence-corrected chi connectivity index (χ0v) is 10.3. The van der Waals surface area contributed by atoms with Crippen molar-refractivity contribution in [3.05, 3.63) is 0 Å². The van der Waals surface area contributed by atoms with Gasteiger partial charge in [-0.25, -0.2) is 0 Å². The number of rotatable bonds is 0. The van der Waals surface area contributed by atoms with E-state index in [0.717, 1.165) is 26.1 Å². The summed E-state index contributed by atoms with van der Waals surface area (Å²) < 4.78 is 1.23. The van der Waals surface area contributed by atoms with E-state index < -0.39 is 0 Å². The SMILES string of the molecule is [Hg][CH]1CCCCC1. The normalized spacial score (nSPS) is 25.4. The molecule has 0 atom stereocenters. The van der Waals surface area contributed by atoms with Crippen molar-refractivity contribution in [2.45, 2.75) is 35.5 Å². The van der Waals surface area contributed by atoms with Gasteiger partial charge in [0.15, 0.2) is 0 Å². The molecule has 0 radical (unpaired) electrons. The van der Waals surface area contributed by atoms with Crippen LogP contribution in [-0.2, 0) is 26.1 Å². The molecule has 0 saturated heterocycles. The average molecular weight is 284 g/mol. The zero-order chi connectivity index (χ0) is 5.11. The Kier molecular flexibility index (Phi) is 2.65. The molecule has 0 heterocycles. The number of hydrogen-bond acceptors (Lipinski definition) is 0. The molecule has 1 fully saturated rings. The first kappa shape index (κ1) is 6.06. The van der Waals surface area contributed by atoms with Crippen molar-refractivity contribution in [2.75, 3.05) is 0 Å². The molecule has 1 saturated carbocycles. The molecule has 0 unspecified atom stereocenters. The van der Waals surface area contributed by atoms with Crippen LogP contribution in [0.1, 0.15) is 32.1 Å². The van der Waals surface area contributed by atoms with Crippen molar-refractivity contribution in [3.8, 4) is 0 Å². The van der Waals surface area contributed by atoms with E-state index >= 15 is 0 Å². The molecule has 7 heavy (non-hydrogen) atoms. The summed E-state index contributed by atoms with van der Waals surface area (Å²) in [6.45, 7) is 0. The number of hydrogen-bond donors (Lipinski definition) is 0. The predicted molar refractivity (Wildman–Crippen MR) is 26.8 cm³/mol. The van der Waals surface area contributed by atoms with Gasteiger partial charge in [-0.05, 0) is 0 Å². The van der Waals surface area contributed by atoms with Crippen LogP contribution in [0, 0.1) is 0 Å². The van der Waals surface area contributed by atoms with Crippen LogP contribution in [0.15, 0.2) is 0 Å². The summed E-state index contributed by atoms with van der Waals surface area (Å²) in [5.41, 5.74) is 0. The molecule has 0 amide bonds. The Hall–Kier alpha value is 0.935. The minimum absolute atomic E-state index is 1.09. The Morgan fingerprint density at radius 2 is 1.57 bits per heavy atom. The van der Waals surface area contributed by atoms with Crippen LogP contribution in [0.4, 0.5) is 0 Å². The second-order valence-electron chi connectivity index (χ2n) is 2.50. The Morgan fingerprint density at radius 3 is 1.86 bits per heavy atom. The van der Waals surface area contributed by atoms with E-state index in [4.69, 9.17) is 0 Å². The van der Waals surface area contributed by atoms with Crippen molar-refractivity contribution in [1.29, 1.82) is 0 Å². The molecule has 0 N–H and O–H groups in total. The molecule has 1 aliphatic carbocycles. The van der Waals surface area contributed by atoms with E-state index in [9.17, 15) is 0 Å². The Bertz CT molecular complexity index is 46.1. The van der Waals surface area contributed by atoms with E-state index in [-0.39, 0.29) is 0 Å². The van der Waals surface area contributed by atoms with Gasteiger partial charge in [-0.1, -0.05) is 0 Å². The first-order valence-corrected chi connectivity index (χ1v) is 6.40. The summed E-state index contributed by atoms with van der Waals surface area (Å²) in [4.78, 5) is 0. The van der Waals surface area contributed by atoms with Crippen LogP contribution in [-0.4, -0.2) is 0 Å². The monoisotopic (exact) mass is 285 g/mol. The van der Waals surface area contributed by atoms with Crippen LogP contribution in [0.25, 0.3) is 0 Å². The summed E-state index contributed by atoms with van der Waals surface area (Å²) in [7, 11) is 0. The van der Waals surface area contributed by atoms with Gasteiger partial charge in [0.05, 0.1) is 0 Å². The minimum atomic E-state index is 1.09. The van der Waals surface area contributed by atoms with Gasteiger partial charge in [0, 0.05) is 0 Å². The van der Waals surface area contributed by atoms with E-state index in [1.807, 2.05) is 0 Å². The maximum absolute atomic E-state index is 1.57. The first-order valence-electron chi connectivity index (χ1n) is 3.22. The van der Waals surface area contributed by atoms with E-state index in [1.165, 1.54) is 22.7 Å². The Labute approximate surface area is 61.6 Å². The second kappa shape index (κ2) is 3.06. The molecular formula is C6H11Hg.